The van der Waals surface area contributed by atoms with Gasteiger partial charge in [0.15, 0.2) is 11.6 Å². The van der Waals surface area contributed by atoms with Crippen LogP contribution in [0.1, 0.15) is 11.1 Å². The van der Waals surface area contributed by atoms with E-state index >= 15 is 0 Å². The van der Waals surface area contributed by atoms with Crippen LogP contribution in [0.25, 0.3) is 95.3 Å². The molecule has 7 nitrogen and oxygen atoms in total. The molecule has 0 saturated carbocycles. The lowest BCUT2D eigenvalue weighted by atomic mass is 10.0. The van der Waals surface area contributed by atoms with Gasteiger partial charge in [-0.25, -0.2) is 19.9 Å². The SMILES string of the molecule is N#Cc1ccc2c(c1)c1cc(C#N)ccc1n2-c1ccc(-c2cc(-c3ccccc3)nc(-c3ccccc3)n2)cc1-c1nc(-c2ccccc2)cc(-c2ccccc2)n1. The van der Waals surface area contributed by atoms with Crippen LogP contribution in [0.5, 0.6) is 0 Å². The Kier molecular flexibility index (Phi) is 8.80. The summed E-state index contributed by atoms with van der Waals surface area (Å²) in [5.74, 6) is 1.14. The summed E-state index contributed by atoms with van der Waals surface area (Å²) in [6.07, 6.45) is 0. The normalized spacial score (nSPS) is 11.0. The largest absolute Gasteiger partial charge is 0.308 e. The second-order valence-electron chi connectivity index (χ2n) is 14.1. The van der Waals surface area contributed by atoms with Crippen molar-refractivity contribution in [2.45, 2.75) is 0 Å². The number of aromatic nitrogens is 5. The number of nitrogens with zero attached hydrogens (tertiary/aromatic N) is 7. The van der Waals surface area contributed by atoms with Gasteiger partial charge < -0.3 is 4.57 Å². The van der Waals surface area contributed by atoms with E-state index in [-0.39, 0.29) is 0 Å². The maximum Gasteiger partial charge on any atom is 0.162 e. The molecule has 59 heavy (non-hydrogen) atoms. The summed E-state index contributed by atoms with van der Waals surface area (Å²) in [6.45, 7) is 0. The summed E-state index contributed by atoms with van der Waals surface area (Å²) in [4.78, 5) is 20.8. The zero-order chi connectivity index (χ0) is 39.7. The van der Waals surface area contributed by atoms with E-state index in [1.54, 1.807) is 0 Å². The first-order chi connectivity index (χ1) is 29.1. The number of nitriles is 2. The Hall–Kier alpha value is -8.52. The minimum atomic E-state index is 0.528. The van der Waals surface area contributed by atoms with Gasteiger partial charge in [-0.15, -0.1) is 0 Å². The molecule has 0 aliphatic carbocycles. The molecule has 0 saturated heterocycles. The third-order valence-corrected chi connectivity index (χ3v) is 10.5. The fourth-order valence-electron chi connectivity index (χ4n) is 7.64. The first kappa shape index (κ1) is 34.9. The molecule has 0 fully saturated rings. The Labute approximate surface area is 340 Å². The van der Waals surface area contributed by atoms with Gasteiger partial charge in [-0.2, -0.15) is 10.5 Å². The van der Waals surface area contributed by atoms with Gasteiger partial charge in [0.2, 0.25) is 0 Å². The van der Waals surface area contributed by atoms with Crippen molar-refractivity contribution in [1.82, 2.24) is 24.5 Å². The molecule has 10 aromatic rings. The zero-order valence-corrected chi connectivity index (χ0v) is 31.5. The van der Waals surface area contributed by atoms with Crippen molar-refractivity contribution in [3.8, 4) is 85.6 Å². The van der Waals surface area contributed by atoms with Gasteiger partial charge in [0.05, 0.1) is 62.8 Å². The number of hydrogen-bond donors (Lipinski definition) is 0. The predicted octanol–water partition coefficient (Wildman–Crippen LogP) is 12.1. The topological polar surface area (TPSA) is 104 Å². The monoisotopic (exact) mass is 753 g/mol. The van der Waals surface area contributed by atoms with Crippen LogP contribution >= 0.6 is 0 Å². The van der Waals surface area contributed by atoms with Gasteiger partial charge in [-0.1, -0.05) is 127 Å². The molecule has 274 valence electrons. The minimum Gasteiger partial charge on any atom is -0.308 e. The fourth-order valence-corrected chi connectivity index (χ4v) is 7.64. The first-order valence-corrected chi connectivity index (χ1v) is 19.2. The van der Waals surface area contributed by atoms with E-state index in [1.807, 2.05) is 133 Å². The molecule has 0 aliphatic rings. The van der Waals surface area contributed by atoms with Gasteiger partial charge >= 0.3 is 0 Å². The van der Waals surface area contributed by atoms with Crippen molar-refractivity contribution < 1.29 is 0 Å². The van der Waals surface area contributed by atoms with Crippen molar-refractivity contribution in [2.24, 2.45) is 0 Å². The van der Waals surface area contributed by atoms with Crippen molar-refractivity contribution in [3.05, 3.63) is 199 Å². The average Bonchev–Trinajstić information content (AvgIpc) is 3.64. The summed E-state index contributed by atoms with van der Waals surface area (Å²) in [5.41, 5.74) is 12.2. The van der Waals surface area contributed by atoms with Gasteiger partial charge in [0.25, 0.3) is 0 Å². The van der Waals surface area contributed by atoms with Gasteiger partial charge in [0, 0.05) is 44.2 Å². The van der Waals surface area contributed by atoms with Crippen molar-refractivity contribution in [3.63, 3.8) is 0 Å². The Morgan fingerprint density at radius 3 is 1.20 bits per heavy atom. The molecule has 0 bridgehead atoms. The molecule has 10 rings (SSSR count). The Morgan fingerprint density at radius 1 is 0.356 bits per heavy atom. The van der Waals surface area contributed by atoms with Crippen LogP contribution in [0.15, 0.2) is 188 Å². The molecule has 0 amide bonds. The van der Waals surface area contributed by atoms with Crippen molar-refractivity contribution >= 4 is 21.8 Å². The highest BCUT2D eigenvalue weighted by atomic mass is 15.0. The molecule has 0 spiro atoms. The predicted molar refractivity (Wildman–Crippen MR) is 234 cm³/mol. The van der Waals surface area contributed by atoms with E-state index in [1.165, 1.54) is 0 Å². The van der Waals surface area contributed by atoms with Gasteiger partial charge in [-0.05, 0) is 60.7 Å². The number of benzene rings is 7. The van der Waals surface area contributed by atoms with Crippen LogP contribution in [0.2, 0.25) is 0 Å². The molecule has 0 aliphatic heterocycles. The molecule has 7 aromatic carbocycles. The molecular weight excluding hydrogens is 723 g/mol. The van der Waals surface area contributed by atoms with E-state index in [9.17, 15) is 10.5 Å². The average molecular weight is 754 g/mol. The Bertz CT molecular complexity index is 3090. The van der Waals surface area contributed by atoms with Gasteiger partial charge in [-0.3, -0.25) is 0 Å². The molecule has 7 heteroatoms. The summed E-state index contributed by atoms with van der Waals surface area (Å²) >= 11 is 0. The Balaban J connectivity index is 1.28. The van der Waals surface area contributed by atoms with Gasteiger partial charge in [0.1, 0.15) is 0 Å². The molecule has 3 heterocycles. The molecule has 0 N–H and O–H groups in total. The molecule has 0 radical (unpaired) electrons. The third-order valence-electron chi connectivity index (χ3n) is 10.5. The molecule has 0 atom stereocenters. The van der Waals surface area contributed by atoms with Crippen LogP contribution in [0.4, 0.5) is 0 Å². The van der Waals surface area contributed by atoms with E-state index in [4.69, 9.17) is 19.9 Å². The summed E-state index contributed by atoms with van der Waals surface area (Å²) < 4.78 is 2.18. The van der Waals surface area contributed by atoms with Crippen LogP contribution in [-0.4, -0.2) is 24.5 Å². The van der Waals surface area contributed by atoms with Crippen LogP contribution in [0, 0.1) is 22.7 Å². The Morgan fingerprint density at radius 2 is 0.763 bits per heavy atom. The summed E-state index contributed by atoms with van der Waals surface area (Å²) in [7, 11) is 0. The fraction of sp³-hybridized carbons (Fsp3) is 0. The second-order valence-corrected chi connectivity index (χ2v) is 14.1. The maximum atomic E-state index is 9.91. The van der Waals surface area contributed by atoms with Crippen LogP contribution in [0.3, 0.4) is 0 Å². The second kappa shape index (κ2) is 14.9. The molecule has 3 aromatic heterocycles. The lowest BCUT2D eigenvalue weighted by molar-refractivity contribution is 1.13. The van der Waals surface area contributed by atoms with Crippen molar-refractivity contribution in [1.29, 1.82) is 10.5 Å². The number of hydrogen-bond acceptors (Lipinski definition) is 6. The van der Waals surface area contributed by atoms with Crippen molar-refractivity contribution in [2.75, 3.05) is 0 Å². The molecular formula is C52H31N7. The van der Waals surface area contributed by atoms with E-state index in [2.05, 4.69) is 71.3 Å². The highest BCUT2D eigenvalue weighted by Gasteiger charge is 2.21. The highest BCUT2D eigenvalue weighted by molar-refractivity contribution is 6.10. The maximum absolute atomic E-state index is 9.91. The smallest absolute Gasteiger partial charge is 0.162 e. The van der Waals surface area contributed by atoms with Crippen LogP contribution in [-0.2, 0) is 0 Å². The van der Waals surface area contributed by atoms with E-state index in [0.717, 1.165) is 83.6 Å². The summed E-state index contributed by atoms with van der Waals surface area (Å²) in [5, 5.41) is 21.6. The zero-order valence-electron chi connectivity index (χ0n) is 31.5. The minimum absolute atomic E-state index is 0.528. The number of rotatable bonds is 7. The summed E-state index contributed by atoms with van der Waals surface area (Å²) in [6, 6.07) is 66.7. The van der Waals surface area contributed by atoms with Crippen LogP contribution < -0.4 is 0 Å². The quantitative estimate of drug-likeness (QED) is 0.160. The first-order valence-electron chi connectivity index (χ1n) is 19.2. The lowest BCUT2D eigenvalue weighted by Crippen LogP contribution is -2.03. The third kappa shape index (κ3) is 6.55. The standard InChI is InChI=1S/C52H31N7/c53-32-34-21-24-48-41(27-34)42-28-35(33-54)22-25-49(42)59(48)50-26-23-40(47-31-44(36-13-5-1-6-14-36)55-51(56-47)39-19-11-4-12-20-39)29-43(50)52-57-45(37-15-7-2-8-16-37)30-46(58-52)38-17-9-3-10-18-38/h1-31H. The number of fused-ring (bicyclic) bond motifs is 3. The molecule has 0 unspecified atom stereocenters. The van der Waals surface area contributed by atoms with E-state index in [0.29, 0.717) is 22.8 Å². The highest BCUT2D eigenvalue weighted by Crippen LogP contribution is 2.40. The lowest BCUT2D eigenvalue weighted by Gasteiger charge is -2.17. The van der Waals surface area contributed by atoms with E-state index < -0.39 is 0 Å².